The van der Waals surface area contributed by atoms with Gasteiger partial charge in [-0.05, 0) is 31.2 Å². The lowest BCUT2D eigenvalue weighted by atomic mass is 10.2. The van der Waals surface area contributed by atoms with Crippen LogP contribution in [0.4, 0.5) is 11.5 Å². The quantitative estimate of drug-likeness (QED) is 0.938. The standard InChI is InChI=1S/C16H17N3O2/c1-3-19(14-7-5-4-6-8-14)16(21)13-9-10-17-15(11-13)18-12(2)20/h4-11H,3H2,1-2H3,(H,17,18,20). The average molecular weight is 283 g/mol. The van der Waals surface area contributed by atoms with Crippen molar-refractivity contribution in [3.8, 4) is 0 Å². The van der Waals surface area contributed by atoms with Crippen LogP contribution in [0, 0.1) is 0 Å². The van der Waals surface area contributed by atoms with E-state index >= 15 is 0 Å². The molecule has 1 aromatic carbocycles. The lowest BCUT2D eigenvalue weighted by Gasteiger charge is -2.21. The van der Waals surface area contributed by atoms with Gasteiger partial charge in [-0.3, -0.25) is 9.59 Å². The van der Waals surface area contributed by atoms with Crippen LogP contribution in [-0.4, -0.2) is 23.3 Å². The number of para-hydroxylation sites is 1. The summed E-state index contributed by atoms with van der Waals surface area (Å²) in [6, 6.07) is 12.7. The van der Waals surface area contributed by atoms with Crippen molar-refractivity contribution in [1.29, 1.82) is 0 Å². The van der Waals surface area contributed by atoms with Crippen LogP contribution >= 0.6 is 0 Å². The fraction of sp³-hybridized carbons (Fsp3) is 0.188. The molecule has 0 unspecified atom stereocenters. The number of anilines is 2. The van der Waals surface area contributed by atoms with Crippen LogP contribution in [0.3, 0.4) is 0 Å². The first-order valence-electron chi connectivity index (χ1n) is 6.72. The number of benzene rings is 1. The van der Waals surface area contributed by atoms with E-state index in [1.54, 1.807) is 17.0 Å². The summed E-state index contributed by atoms with van der Waals surface area (Å²) in [7, 11) is 0. The molecule has 0 atom stereocenters. The van der Waals surface area contributed by atoms with Gasteiger partial charge in [-0.15, -0.1) is 0 Å². The molecule has 2 rings (SSSR count). The monoisotopic (exact) mass is 283 g/mol. The van der Waals surface area contributed by atoms with E-state index in [2.05, 4.69) is 10.3 Å². The van der Waals surface area contributed by atoms with Crippen molar-refractivity contribution in [2.45, 2.75) is 13.8 Å². The van der Waals surface area contributed by atoms with Crippen LogP contribution in [0.2, 0.25) is 0 Å². The maximum atomic E-state index is 12.6. The molecule has 0 aliphatic rings. The summed E-state index contributed by atoms with van der Waals surface area (Å²) in [5, 5.41) is 2.58. The molecule has 0 saturated heterocycles. The van der Waals surface area contributed by atoms with Gasteiger partial charge in [-0.25, -0.2) is 4.98 Å². The molecule has 0 bridgehead atoms. The molecular formula is C16H17N3O2. The summed E-state index contributed by atoms with van der Waals surface area (Å²) < 4.78 is 0. The Hall–Kier alpha value is -2.69. The number of nitrogens with one attached hydrogen (secondary N) is 1. The lowest BCUT2D eigenvalue weighted by Crippen LogP contribution is -2.30. The van der Waals surface area contributed by atoms with E-state index < -0.39 is 0 Å². The van der Waals surface area contributed by atoms with Gasteiger partial charge in [-0.1, -0.05) is 18.2 Å². The third-order valence-corrected chi connectivity index (χ3v) is 2.94. The molecule has 1 N–H and O–H groups in total. The van der Waals surface area contributed by atoms with E-state index in [0.29, 0.717) is 17.9 Å². The van der Waals surface area contributed by atoms with Gasteiger partial charge in [0.1, 0.15) is 5.82 Å². The Morgan fingerprint density at radius 3 is 2.52 bits per heavy atom. The number of rotatable bonds is 4. The highest BCUT2D eigenvalue weighted by atomic mass is 16.2. The van der Waals surface area contributed by atoms with Crippen molar-refractivity contribution in [3.05, 3.63) is 54.2 Å². The van der Waals surface area contributed by atoms with Gasteiger partial charge in [0.2, 0.25) is 5.91 Å². The van der Waals surface area contributed by atoms with Crippen molar-refractivity contribution in [2.24, 2.45) is 0 Å². The SMILES string of the molecule is CCN(C(=O)c1ccnc(NC(C)=O)c1)c1ccccc1. The number of aromatic nitrogens is 1. The van der Waals surface area contributed by atoms with Gasteiger partial charge in [0.25, 0.3) is 5.91 Å². The molecule has 5 nitrogen and oxygen atoms in total. The van der Waals surface area contributed by atoms with Crippen molar-refractivity contribution >= 4 is 23.3 Å². The van der Waals surface area contributed by atoms with Crippen LogP contribution < -0.4 is 10.2 Å². The second-order valence-corrected chi connectivity index (χ2v) is 4.50. The van der Waals surface area contributed by atoms with Crippen molar-refractivity contribution in [2.75, 3.05) is 16.8 Å². The number of hydrogen-bond donors (Lipinski definition) is 1. The molecule has 2 aromatic rings. The highest BCUT2D eigenvalue weighted by molar-refractivity contribution is 6.06. The van der Waals surface area contributed by atoms with Gasteiger partial charge < -0.3 is 10.2 Å². The first-order valence-corrected chi connectivity index (χ1v) is 6.72. The molecule has 0 aliphatic carbocycles. The first-order chi connectivity index (χ1) is 10.1. The summed E-state index contributed by atoms with van der Waals surface area (Å²) in [6.45, 7) is 3.87. The van der Waals surface area contributed by atoms with Crippen LogP contribution in [0.5, 0.6) is 0 Å². The molecule has 0 radical (unpaired) electrons. The van der Waals surface area contributed by atoms with E-state index in [4.69, 9.17) is 0 Å². The summed E-state index contributed by atoms with van der Waals surface area (Å²) in [4.78, 5) is 29.3. The highest BCUT2D eigenvalue weighted by Crippen LogP contribution is 2.17. The summed E-state index contributed by atoms with van der Waals surface area (Å²) in [5.41, 5.74) is 1.32. The second kappa shape index (κ2) is 6.65. The predicted octanol–water partition coefficient (Wildman–Crippen LogP) is 2.71. The number of hydrogen-bond acceptors (Lipinski definition) is 3. The van der Waals surface area contributed by atoms with E-state index in [1.807, 2.05) is 37.3 Å². The van der Waals surface area contributed by atoms with Gasteiger partial charge in [0.05, 0.1) is 0 Å². The van der Waals surface area contributed by atoms with E-state index in [0.717, 1.165) is 5.69 Å². The Kier molecular flexibility index (Phi) is 4.66. The van der Waals surface area contributed by atoms with Crippen LogP contribution in [0.25, 0.3) is 0 Å². The molecule has 108 valence electrons. The highest BCUT2D eigenvalue weighted by Gasteiger charge is 2.16. The Morgan fingerprint density at radius 2 is 1.90 bits per heavy atom. The number of pyridine rings is 1. The van der Waals surface area contributed by atoms with Crippen molar-refractivity contribution < 1.29 is 9.59 Å². The zero-order valence-corrected chi connectivity index (χ0v) is 12.0. The molecule has 0 spiro atoms. The minimum atomic E-state index is -0.220. The number of carbonyl (C=O) groups excluding carboxylic acids is 2. The summed E-state index contributed by atoms with van der Waals surface area (Å²) in [5.74, 6) is 0.0256. The zero-order chi connectivity index (χ0) is 15.2. The van der Waals surface area contributed by atoms with Crippen LogP contribution in [0.1, 0.15) is 24.2 Å². The Morgan fingerprint density at radius 1 is 1.19 bits per heavy atom. The Balaban J connectivity index is 2.28. The molecule has 1 aromatic heterocycles. The molecule has 0 fully saturated rings. The molecule has 5 heteroatoms. The van der Waals surface area contributed by atoms with Crippen molar-refractivity contribution in [3.63, 3.8) is 0 Å². The fourth-order valence-corrected chi connectivity index (χ4v) is 2.02. The lowest BCUT2D eigenvalue weighted by molar-refractivity contribution is -0.114. The molecule has 1 heterocycles. The minimum Gasteiger partial charge on any atom is -0.311 e. The third kappa shape index (κ3) is 3.66. The average Bonchev–Trinajstić information content (AvgIpc) is 2.48. The maximum absolute atomic E-state index is 12.6. The summed E-state index contributed by atoms with van der Waals surface area (Å²) in [6.07, 6.45) is 1.51. The van der Waals surface area contributed by atoms with Gasteiger partial charge >= 0.3 is 0 Å². The number of carbonyl (C=O) groups is 2. The van der Waals surface area contributed by atoms with Crippen LogP contribution in [-0.2, 0) is 4.79 Å². The van der Waals surface area contributed by atoms with E-state index in [9.17, 15) is 9.59 Å². The van der Waals surface area contributed by atoms with Gasteiger partial charge in [-0.2, -0.15) is 0 Å². The maximum Gasteiger partial charge on any atom is 0.258 e. The van der Waals surface area contributed by atoms with Crippen molar-refractivity contribution in [1.82, 2.24) is 4.98 Å². The first kappa shape index (κ1) is 14.7. The summed E-state index contributed by atoms with van der Waals surface area (Å²) >= 11 is 0. The topological polar surface area (TPSA) is 62.3 Å². The smallest absolute Gasteiger partial charge is 0.258 e. The number of nitrogens with zero attached hydrogens (tertiary/aromatic N) is 2. The number of amides is 2. The largest absolute Gasteiger partial charge is 0.311 e. The normalized spacial score (nSPS) is 10.0. The minimum absolute atomic E-state index is 0.127. The zero-order valence-electron chi connectivity index (χ0n) is 12.0. The van der Waals surface area contributed by atoms with Crippen LogP contribution in [0.15, 0.2) is 48.7 Å². The fourth-order valence-electron chi connectivity index (χ4n) is 2.02. The Bertz CT molecular complexity index is 641. The molecule has 0 aliphatic heterocycles. The molecule has 2 amide bonds. The molecular weight excluding hydrogens is 266 g/mol. The predicted molar refractivity (Wildman–Crippen MR) is 82.3 cm³/mol. The van der Waals surface area contributed by atoms with Gasteiger partial charge in [0.15, 0.2) is 0 Å². The van der Waals surface area contributed by atoms with E-state index in [-0.39, 0.29) is 11.8 Å². The molecule has 21 heavy (non-hydrogen) atoms. The van der Waals surface area contributed by atoms with E-state index in [1.165, 1.54) is 13.1 Å². The second-order valence-electron chi connectivity index (χ2n) is 4.50. The Labute approximate surface area is 123 Å². The molecule has 0 saturated carbocycles. The third-order valence-electron chi connectivity index (χ3n) is 2.94. The van der Waals surface area contributed by atoms with Gasteiger partial charge in [0, 0.05) is 30.9 Å².